The van der Waals surface area contributed by atoms with E-state index >= 15 is 0 Å². The lowest BCUT2D eigenvalue weighted by atomic mass is 10.3. The van der Waals surface area contributed by atoms with E-state index in [4.69, 9.17) is 5.73 Å². The van der Waals surface area contributed by atoms with E-state index in [1.54, 1.807) is 0 Å². The maximum Gasteiger partial charge on any atom is 0.433 e. The van der Waals surface area contributed by atoms with Gasteiger partial charge in [0.1, 0.15) is 18.1 Å². The van der Waals surface area contributed by atoms with Crippen LogP contribution in [0.3, 0.4) is 0 Å². The molecule has 9 heteroatoms. The number of halogens is 3. The minimum absolute atomic E-state index is 0.0990. The SMILES string of the molecule is Nc1ccn(CC(=O)Nc2ccc(C(F)(F)F)nc2)n1. The highest BCUT2D eigenvalue weighted by Gasteiger charge is 2.32. The molecule has 0 unspecified atom stereocenters. The second-order valence-corrected chi connectivity index (χ2v) is 3.92. The fourth-order valence-corrected chi connectivity index (χ4v) is 1.45. The average Bonchev–Trinajstić information content (AvgIpc) is 2.74. The van der Waals surface area contributed by atoms with Crippen LogP contribution in [-0.2, 0) is 17.5 Å². The normalized spacial score (nSPS) is 11.3. The molecule has 2 rings (SSSR count). The van der Waals surface area contributed by atoms with E-state index < -0.39 is 17.8 Å². The van der Waals surface area contributed by atoms with Crippen LogP contribution in [0.1, 0.15) is 5.69 Å². The molecule has 6 nitrogen and oxygen atoms in total. The third-order valence-electron chi connectivity index (χ3n) is 2.30. The van der Waals surface area contributed by atoms with Crippen LogP contribution < -0.4 is 11.1 Å². The van der Waals surface area contributed by atoms with Gasteiger partial charge < -0.3 is 11.1 Å². The van der Waals surface area contributed by atoms with Gasteiger partial charge >= 0.3 is 6.18 Å². The zero-order valence-corrected chi connectivity index (χ0v) is 10.1. The van der Waals surface area contributed by atoms with Crippen molar-refractivity contribution in [1.29, 1.82) is 0 Å². The standard InChI is InChI=1S/C11H10F3N5O/c12-11(13,14)8-2-1-7(5-16-8)17-10(20)6-19-4-3-9(15)18-19/h1-5H,6H2,(H2,15,18)(H,17,20). The van der Waals surface area contributed by atoms with Crippen molar-refractivity contribution in [3.63, 3.8) is 0 Å². The zero-order valence-electron chi connectivity index (χ0n) is 10.1. The molecule has 0 radical (unpaired) electrons. The molecule has 0 aromatic carbocycles. The van der Waals surface area contributed by atoms with Crippen molar-refractivity contribution in [2.24, 2.45) is 0 Å². The largest absolute Gasteiger partial charge is 0.433 e. The van der Waals surface area contributed by atoms with Gasteiger partial charge in [-0.2, -0.15) is 18.3 Å². The van der Waals surface area contributed by atoms with Crippen molar-refractivity contribution in [3.8, 4) is 0 Å². The Kier molecular flexibility index (Phi) is 3.59. The average molecular weight is 285 g/mol. The van der Waals surface area contributed by atoms with Crippen LogP contribution >= 0.6 is 0 Å². The summed E-state index contributed by atoms with van der Waals surface area (Å²) in [6.45, 7) is -0.0990. The summed E-state index contributed by atoms with van der Waals surface area (Å²) in [4.78, 5) is 14.8. The molecule has 2 aromatic heterocycles. The Labute approximate surface area is 111 Å². The Morgan fingerprint density at radius 1 is 1.35 bits per heavy atom. The fourth-order valence-electron chi connectivity index (χ4n) is 1.45. The number of carbonyl (C=O) groups is 1. The molecule has 1 amide bonds. The van der Waals surface area contributed by atoms with Crippen molar-refractivity contribution < 1.29 is 18.0 Å². The number of amides is 1. The van der Waals surface area contributed by atoms with Crippen molar-refractivity contribution in [1.82, 2.24) is 14.8 Å². The number of hydrogen-bond acceptors (Lipinski definition) is 4. The Bertz CT molecular complexity index is 605. The number of nitrogen functional groups attached to an aromatic ring is 1. The van der Waals surface area contributed by atoms with E-state index in [2.05, 4.69) is 15.4 Å². The summed E-state index contributed by atoms with van der Waals surface area (Å²) < 4.78 is 38.2. The van der Waals surface area contributed by atoms with E-state index in [1.165, 1.54) is 16.9 Å². The van der Waals surface area contributed by atoms with E-state index in [1.807, 2.05) is 0 Å². The third kappa shape index (κ3) is 3.46. The number of alkyl halides is 3. The summed E-state index contributed by atoms with van der Waals surface area (Å²) >= 11 is 0. The van der Waals surface area contributed by atoms with Crippen molar-refractivity contribution >= 4 is 17.4 Å². The molecule has 0 saturated carbocycles. The molecule has 0 bridgehead atoms. The Hall–Kier alpha value is -2.58. The predicted molar refractivity (Wildman–Crippen MR) is 64.5 cm³/mol. The van der Waals surface area contributed by atoms with Gasteiger partial charge in [0, 0.05) is 6.20 Å². The summed E-state index contributed by atoms with van der Waals surface area (Å²) in [6, 6.07) is 3.44. The van der Waals surface area contributed by atoms with Gasteiger partial charge in [-0.15, -0.1) is 0 Å². The van der Waals surface area contributed by atoms with Gasteiger partial charge in [0.05, 0.1) is 11.9 Å². The number of nitrogens with zero attached hydrogens (tertiary/aromatic N) is 3. The van der Waals surface area contributed by atoms with Crippen molar-refractivity contribution in [2.45, 2.75) is 12.7 Å². The summed E-state index contributed by atoms with van der Waals surface area (Å²) in [6.07, 6.45) is -2.05. The van der Waals surface area contributed by atoms with Gasteiger partial charge in [0.25, 0.3) is 0 Å². The summed E-state index contributed by atoms with van der Waals surface area (Å²) in [5, 5.41) is 6.22. The minimum Gasteiger partial charge on any atom is -0.382 e. The van der Waals surface area contributed by atoms with E-state index in [9.17, 15) is 18.0 Å². The Morgan fingerprint density at radius 2 is 2.10 bits per heavy atom. The lowest BCUT2D eigenvalue weighted by Crippen LogP contribution is -2.19. The monoisotopic (exact) mass is 285 g/mol. The molecule has 0 aliphatic heterocycles. The van der Waals surface area contributed by atoms with E-state index in [0.717, 1.165) is 18.3 Å². The van der Waals surface area contributed by atoms with Crippen LogP contribution in [0.5, 0.6) is 0 Å². The van der Waals surface area contributed by atoms with Crippen LogP contribution in [0, 0.1) is 0 Å². The highest BCUT2D eigenvalue weighted by Crippen LogP contribution is 2.27. The first-order valence-electron chi connectivity index (χ1n) is 5.46. The number of anilines is 2. The lowest BCUT2D eigenvalue weighted by molar-refractivity contribution is -0.141. The van der Waals surface area contributed by atoms with Gasteiger partial charge in [-0.05, 0) is 18.2 Å². The molecule has 0 aliphatic rings. The number of aromatic nitrogens is 3. The maximum absolute atomic E-state index is 12.3. The smallest absolute Gasteiger partial charge is 0.382 e. The van der Waals surface area contributed by atoms with Crippen molar-refractivity contribution in [3.05, 3.63) is 36.3 Å². The van der Waals surface area contributed by atoms with E-state index in [-0.39, 0.29) is 18.1 Å². The summed E-state index contributed by atoms with van der Waals surface area (Å²) in [5.74, 6) is -0.177. The number of carbonyl (C=O) groups excluding carboxylic acids is 1. The second-order valence-electron chi connectivity index (χ2n) is 3.92. The lowest BCUT2D eigenvalue weighted by Gasteiger charge is -2.08. The van der Waals surface area contributed by atoms with Crippen LogP contribution in [0.25, 0.3) is 0 Å². The molecular formula is C11H10F3N5O. The van der Waals surface area contributed by atoms with Crippen LogP contribution in [0.4, 0.5) is 24.7 Å². The molecule has 2 aromatic rings. The molecule has 20 heavy (non-hydrogen) atoms. The first kappa shape index (κ1) is 13.8. The van der Waals surface area contributed by atoms with Crippen LogP contribution in [-0.4, -0.2) is 20.7 Å². The van der Waals surface area contributed by atoms with Crippen LogP contribution in [0.2, 0.25) is 0 Å². The van der Waals surface area contributed by atoms with Gasteiger partial charge in [0.2, 0.25) is 5.91 Å². The van der Waals surface area contributed by atoms with Gasteiger partial charge in [-0.1, -0.05) is 0 Å². The van der Waals surface area contributed by atoms with Gasteiger partial charge in [-0.3, -0.25) is 9.48 Å². The Morgan fingerprint density at radius 3 is 2.60 bits per heavy atom. The number of pyridine rings is 1. The highest BCUT2D eigenvalue weighted by molar-refractivity contribution is 5.90. The molecule has 0 atom stereocenters. The molecule has 0 aliphatic carbocycles. The highest BCUT2D eigenvalue weighted by atomic mass is 19.4. The van der Waals surface area contributed by atoms with Gasteiger partial charge in [0.15, 0.2) is 0 Å². The summed E-state index contributed by atoms with van der Waals surface area (Å²) in [5.41, 5.74) is 4.54. The number of rotatable bonds is 3. The van der Waals surface area contributed by atoms with E-state index in [0.29, 0.717) is 0 Å². The first-order chi connectivity index (χ1) is 9.34. The topological polar surface area (TPSA) is 85.8 Å². The Balaban J connectivity index is 1.98. The zero-order chi connectivity index (χ0) is 14.8. The first-order valence-corrected chi connectivity index (χ1v) is 5.46. The predicted octanol–water partition coefficient (Wildman–Crippen LogP) is 1.52. The number of nitrogens with one attached hydrogen (secondary N) is 1. The number of hydrogen-bond donors (Lipinski definition) is 2. The van der Waals surface area contributed by atoms with Crippen molar-refractivity contribution in [2.75, 3.05) is 11.1 Å². The van der Waals surface area contributed by atoms with Gasteiger partial charge in [-0.25, -0.2) is 4.98 Å². The molecular weight excluding hydrogens is 275 g/mol. The fraction of sp³-hybridized carbons (Fsp3) is 0.182. The maximum atomic E-state index is 12.3. The minimum atomic E-state index is -4.50. The number of nitrogens with two attached hydrogens (primary N) is 1. The quantitative estimate of drug-likeness (QED) is 0.895. The summed E-state index contributed by atoms with van der Waals surface area (Å²) in [7, 11) is 0. The molecule has 106 valence electrons. The molecule has 3 N–H and O–H groups in total. The molecule has 0 saturated heterocycles. The third-order valence-corrected chi connectivity index (χ3v) is 2.30. The van der Waals surface area contributed by atoms with Crippen LogP contribution in [0.15, 0.2) is 30.6 Å². The molecule has 0 fully saturated rings. The molecule has 2 heterocycles. The second kappa shape index (κ2) is 5.19. The molecule has 0 spiro atoms.